The van der Waals surface area contributed by atoms with Crippen LogP contribution in [0.5, 0.6) is 11.7 Å². The van der Waals surface area contributed by atoms with Crippen molar-refractivity contribution in [2.75, 3.05) is 14.2 Å². The predicted molar refractivity (Wildman–Crippen MR) is 94.4 cm³/mol. The van der Waals surface area contributed by atoms with Gasteiger partial charge in [0.2, 0.25) is 5.52 Å². The van der Waals surface area contributed by atoms with Crippen molar-refractivity contribution in [3.8, 4) is 11.7 Å². The Morgan fingerprint density at radius 3 is 2.50 bits per heavy atom. The minimum absolute atomic E-state index is 0.0714. The molecule has 0 amide bonds. The molecule has 3 aromatic rings. The van der Waals surface area contributed by atoms with Crippen molar-refractivity contribution in [1.29, 1.82) is 0 Å². The summed E-state index contributed by atoms with van der Waals surface area (Å²) in [5.74, 6) is -2.67. The SMILES string of the molecule is COC(=O)/C=C(/C(=O)OC)c1c(O)oc2cc(OC(C)=O)c3ccccc3[n+]12. The molecule has 2 aromatic heterocycles. The molecule has 0 saturated heterocycles. The van der Waals surface area contributed by atoms with Gasteiger partial charge in [-0.05, 0) is 6.07 Å². The number of para-hydroxylation sites is 1. The number of pyridine rings is 1. The zero-order valence-corrected chi connectivity index (χ0v) is 15.2. The predicted octanol–water partition coefficient (Wildman–Crippen LogP) is 1.53. The lowest BCUT2D eigenvalue weighted by Gasteiger charge is -2.04. The normalized spacial score (nSPS) is 11.5. The van der Waals surface area contributed by atoms with Crippen LogP contribution in [0.25, 0.3) is 22.2 Å². The summed E-state index contributed by atoms with van der Waals surface area (Å²) < 4.78 is 21.3. The molecule has 0 saturated carbocycles. The number of nitrogens with zero attached hydrogens (tertiary/aromatic N) is 1. The number of oxazole rings is 1. The van der Waals surface area contributed by atoms with Crippen LogP contribution in [0.15, 0.2) is 40.8 Å². The van der Waals surface area contributed by atoms with Crippen molar-refractivity contribution in [2.45, 2.75) is 6.92 Å². The molecule has 0 spiro atoms. The summed E-state index contributed by atoms with van der Waals surface area (Å²) >= 11 is 0. The molecule has 2 heterocycles. The van der Waals surface area contributed by atoms with E-state index in [1.807, 2.05) is 0 Å². The average Bonchev–Trinajstić information content (AvgIpc) is 3.00. The molecule has 0 unspecified atom stereocenters. The van der Waals surface area contributed by atoms with Gasteiger partial charge >= 0.3 is 35.3 Å². The summed E-state index contributed by atoms with van der Waals surface area (Å²) in [6.07, 6.45) is 0.887. The van der Waals surface area contributed by atoms with Crippen molar-refractivity contribution in [3.05, 3.63) is 42.1 Å². The number of ether oxygens (including phenoxy) is 3. The number of carbonyl (C=O) groups excluding carboxylic acids is 3. The molecule has 0 aliphatic rings. The Labute approximate surface area is 158 Å². The Kier molecular flexibility index (Phi) is 4.99. The topological polar surface area (TPSA) is 116 Å². The third-order valence-corrected chi connectivity index (χ3v) is 3.89. The van der Waals surface area contributed by atoms with Crippen LogP contribution in [0.3, 0.4) is 0 Å². The van der Waals surface area contributed by atoms with E-state index in [0.29, 0.717) is 10.9 Å². The number of rotatable bonds is 4. The van der Waals surface area contributed by atoms with Gasteiger partial charge in [-0.1, -0.05) is 12.1 Å². The average molecular weight is 386 g/mol. The third-order valence-electron chi connectivity index (χ3n) is 3.89. The first-order valence-electron chi connectivity index (χ1n) is 8.03. The van der Waals surface area contributed by atoms with Crippen LogP contribution in [0.1, 0.15) is 12.6 Å². The summed E-state index contributed by atoms with van der Waals surface area (Å²) in [6.45, 7) is 1.26. The van der Waals surface area contributed by atoms with Gasteiger partial charge in [0.15, 0.2) is 5.75 Å². The van der Waals surface area contributed by atoms with E-state index in [0.717, 1.165) is 20.3 Å². The molecule has 0 fully saturated rings. The van der Waals surface area contributed by atoms with E-state index in [4.69, 9.17) is 13.9 Å². The summed E-state index contributed by atoms with van der Waals surface area (Å²) in [5.41, 5.74) is 0.135. The Bertz CT molecular complexity index is 1140. The second-order valence-corrected chi connectivity index (χ2v) is 5.62. The molecule has 3 rings (SSSR count). The standard InChI is InChI=1S/C19H15NO8/c1-10(21)27-14-9-15-20(13-7-5-4-6-11(13)14)17(19(24)28-15)12(18(23)26-3)8-16(22)25-2/h4-9H,1-3H3/p+1. The van der Waals surface area contributed by atoms with Crippen molar-refractivity contribution in [2.24, 2.45) is 0 Å². The molecule has 9 nitrogen and oxygen atoms in total. The van der Waals surface area contributed by atoms with Crippen LogP contribution < -0.4 is 9.14 Å². The minimum atomic E-state index is -0.885. The van der Waals surface area contributed by atoms with Gasteiger partial charge in [0.25, 0.3) is 0 Å². The van der Waals surface area contributed by atoms with E-state index in [1.165, 1.54) is 17.4 Å². The van der Waals surface area contributed by atoms with Crippen LogP contribution >= 0.6 is 0 Å². The van der Waals surface area contributed by atoms with Crippen LogP contribution in [0.4, 0.5) is 0 Å². The second-order valence-electron chi connectivity index (χ2n) is 5.62. The van der Waals surface area contributed by atoms with Gasteiger partial charge in [-0.15, -0.1) is 4.40 Å². The van der Waals surface area contributed by atoms with Crippen molar-refractivity contribution in [3.63, 3.8) is 0 Å². The van der Waals surface area contributed by atoms with Crippen LogP contribution in [-0.4, -0.2) is 37.2 Å². The molecule has 0 atom stereocenters. The first-order chi connectivity index (χ1) is 13.4. The zero-order valence-electron chi connectivity index (χ0n) is 15.2. The number of hydrogen-bond donors (Lipinski definition) is 1. The van der Waals surface area contributed by atoms with Gasteiger partial charge in [-0.3, -0.25) is 4.79 Å². The fourth-order valence-electron chi connectivity index (χ4n) is 2.78. The molecule has 1 N–H and O–H groups in total. The second kappa shape index (κ2) is 7.39. The largest absolute Gasteiger partial charge is 0.476 e. The highest BCUT2D eigenvalue weighted by Crippen LogP contribution is 2.32. The quantitative estimate of drug-likeness (QED) is 0.408. The van der Waals surface area contributed by atoms with Crippen molar-refractivity contribution < 1.29 is 42.5 Å². The first kappa shape index (κ1) is 18.9. The molecule has 0 radical (unpaired) electrons. The van der Waals surface area contributed by atoms with E-state index < -0.39 is 23.9 Å². The van der Waals surface area contributed by atoms with Gasteiger partial charge in [-0.2, -0.15) is 0 Å². The summed E-state index contributed by atoms with van der Waals surface area (Å²) in [6, 6.07) is 8.19. The molecular formula is C19H16NO8+. The number of esters is 3. The number of carbonyl (C=O) groups is 3. The molecule has 0 aliphatic carbocycles. The number of hydrogen-bond acceptors (Lipinski definition) is 8. The lowest BCUT2D eigenvalue weighted by Crippen LogP contribution is -2.28. The summed E-state index contributed by atoms with van der Waals surface area (Å²) in [5, 5.41) is 10.9. The molecule has 9 heteroatoms. The lowest BCUT2D eigenvalue weighted by molar-refractivity contribution is -0.486. The zero-order chi connectivity index (χ0) is 20.4. The fraction of sp³-hybridized carbons (Fsp3) is 0.158. The number of benzene rings is 1. The van der Waals surface area contributed by atoms with Crippen molar-refractivity contribution in [1.82, 2.24) is 0 Å². The van der Waals surface area contributed by atoms with E-state index in [2.05, 4.69) is 4.74 Å². The Morgan fingerprint density at radius 1 is 1.14 bits per heavy atom. The maximum atomic E-state index is 12.3. The molecule has 0 bridgehead atoms. The smallest absolute Gasteiger partial charge is 0.386 e. The Balaban J connectivity index is 2.42. The minimum Gasteiger partial charge on any atom is -0.476 e. The Hall–Kier alpha value is -3.88. The lowest BCUT2D eigenvalue weighted by atomic mass is 10.1. The Morgan fingerprint density at radius 2 is 1.86 bits per heavy atom. The highest BCUT2D eigenvalue weighted by Gasteiger charge is 2.35. The first-order valence-corrected chi connectivity index (χ1v) is 8.03. The van der Waals surface area contributed by atoms with Crippen molar-refractivity contribution >= 4 is 40.1 Å². The third kappa shape index (κ3) is 3.25. The van der Waals surface area contributed by atoms with E-state index in [-0.39, 0.29) is 22.7 Å². The highest BCUT2D eigenvalue weighted by atomic mass is 16.5. The molecule has 0 aliphatic heterocycles. The van der Waals surface area contributed by atoms with Crippen LogP contribution in [0, 0.1) is 0 Å². The van der Waals surface area contributed by atoms with Gasteiger partial charge in [0, 0.05) is 19.1 Å². The highest BCUT2D eigenvalue weighted by molar-refractivity contribution is 6.20. The number of fused-ring (bicyclic) bond motifs is 3. The maximum Gasteiger partial charge on any atom is 0.386 e. The van der Waals surface area contributed by atoms with E-state index >= 15 is 0 Å². The summed E-state index contributed by atoms with van der Waals surface area (Å²) in [7, 11) is 2.28. The van der Waals surface area contributed by atoms with Gasteiger partial charge in [-0.25, -0.2) is 9.59 Å². The van der Waals surface area contributed by atoms with Gasteiger partial charge in [0.1, 0.15) is 5.57 Å². The van der Waals surface area contributed by atoms with E-state index in [1.54, 1.807) is 24.3 Å². The molecule has 28 heavy (non-hydrogen) atoms. The van der Waals surface area contributed by atoms with Gasteiger partial charge < -0.3 is 23.7 Å². The van der Waals surface area contributed by atoms with Crippen LogP contribution in [-0.2, 0) is 23.9 Å². The number of aromatic nitrogens is 1. The monoisotopic (exact) mass is 386 g/mol. The summed E-state index contributed by atoms with van der Waals surface area (Å²) in [4.78, 5) is 35.4. The number of methoxy groups -OCH3 is 2. The molecule has 1 aromatic carbocycles. The van der Waals surface area contributed by atoms with Gasteiger partial charge in [0.05, 0.1) is 25.7 Å². The van der Waals surface area contributed by atoms with E-state index in [9.17, 15) is 19.5 Å². The number of aromatic hydroxyl groups is 1. The maximum absolute atomic E-state index is 12.3. The van der Waals surface area contributed by atoms with Crippen LogP contribution in [0.2, 0.25) is 0 Å². The molecule has 144 valence electrons. The fourth-order valence-corrected chi connectivity index (χ4v) is 2.78. The molecular weight excluding hydrogens is 370 g/mol.